The molecule has 0 aliphatic rings. The summed E-state index contributed by atoms with van der Waals surface area (Å²) in [5.41, 5.74) is 0. The van der Waals surface area contributed by atoms with E-state index in [1.807, 2.05) is 24.3 Å². The smallest absolute Gasteiger partial charge is 0.216 e. The van der Waals surface area contributed by atoms with Crippen molar-refractivity contribution in [2.24, 2.45) is 0 Å². The first-order valence-corrected chi connectivity index (χ1v) is 7.94. The largest absolute Gasteiger partial charge is 0.235 e. The number of halogens is 1. The summed E-state index contributed by atoms with van der Waals surface area (Å²) in [7, 11) is -3.65. The van der Waals surface area contributed by atoms with Crippen LogP contribution in [-0.2, 0) is 9.84 Å². The van der Waals surface area contributed by atoms with E-state index in [1.54, 1.807) is 18.2 Å². The van der Waals surface area contributed by atoms with Crippen molar-refractivity contribution in [2.75, 3.05) is 0 Å². The average Bonchev–Trinajstić information content (AvgIpc) is 2.85. The molecule has 0 atom stereocenters. The van der Waals surface area contributed by atoms with E-state index < -0.39 is 9.84 Å². The third kappa shape index (κ3) is 2.22. The van der Waals surface area contributed by atoms with Crippen LogP contribution in [0.2, 0.25) is 5.28 Å². The van der Waals surface area contributed by atoms with E-state index in [1.165, 1.54) is 0 Å². The highest BCUT2D eigenvalue weighted by Gasteiger charge is 2.22. The number of hydrogen-bond donors (Lipinski definition) is 0. The van der Waals surface area contributed by atoms with Gasteiger partial charge in [-0.2, -0.15) is 9.36 Å². The lowest BCUT2D eigenvalue weighted by molar-refractivity contribution is 0.595. The topological polar surface area (TPSA) is 59.9 Å². The second-order valence-corrected chi connectivity index (χ2v) is 7.06. The van der Waals surface area contributed by atoms with Crippen LogP contribution in [0.25, 0.3) is 10.8 Å². The molecule has 3 rings (SSSR count). The molecule has 2 aromatic carbocycles. The van der Waals surface area contributed by atoms with Crippen molar-refractivity contribution in [2.45, 2.75) is 9.24 Å². The Labute approximate surface area is 118 Å². The molecule has 0 amide bonds. The molecule has 1 heterocycles. The van der Waals surface area contributed by atoms with Crippen LogP contribution in [0.3, 0.4) is 0 Å². The first-order valence-electron chi connectivity index (χ1n) is 5.30. The lowest BCUT2D eigenvalue weighted by Gasteiger charge is -2.02. The van der Waals surface area contributed by atoms with Gasteiger partial charge in [-0.25, -0.2) is 8.42 Å². The maximum absolute atomic E-state index is 12.3. The minimum absolute atomic E-state index is 0.0515. The van der Waals surface area contributed by atoms with Crippen LogP contribution in [0.5, 0.6) is 0 Å². The fourth-order valence-corrected chi connectivity index (χ4v) is 4.08. The molecule has 7 heteroatoms. The molecule has 4 nitrogen and oxygen atoms in total. The number of fused-ring (bicyclic) bond motifs is 1. The van der Waals surface area contributed by atoms with Crippen LogP contribution >= 0.6 is 23.1 Å². The Hall–Kier alpha value is -1.50. The Morgan fingerprint density at radius 2 is 1.79 bits per heavy atom. The van der Waals surface area contributed by atoms with Crippen molar-refractivity contribution in [1.29, 1.82) is 0 Å². The molecule has 0 saturated heterocycles. The Balaban J connectivity index is 2.18. The van der Waals surface area contributed by atoms with Gasteiger partial charge in [-0.3, -0.25) is 0 Å². The molecule has 0 unspecified atom stereocenters. The van der Waals surface area contributed by atoms with Gasteiger partial charge in [0, 0.05) is 0 Å². The molecule has 0 fully saturated rings. The lowest BCUT2D eigenvalue weighted by Crippen LogP contribution is -2.01. The van der Waals surface area contributed by atoms with Gasteiger partial charge in [0.1, 0.15) is 0 Å². The summed E-state index contributed by atoms with van der Waals surface area (Å²) < 4.78 is 28.3. The van der Waals surface area contributed by atoms with Gasteiger partial charge in [-0.05, 0) is 46.0 Å². The minimum Gasteiger partial charge on any atom is -0.216 e. The average molecular weight is 311 g/mol. The van der Waals surface area contributed by atoms with Gasteiger partial charge in [0.05, 0.1) is 4.90 Å². The van der Waals surface area contributed by atoms with Crippen molar-refractivity contribution >= 4 is 43.7 Å². The zero-order valence-corrected chi connectivity index (χ0v) is 11.8. The highest BCUT2D eigenvalue weighted by atomic mass is 35.5. The van der Waals surface area contributed by atoms with Gasteiger partial charge in [0.15, 0.2) is 0 Å². The fraction of sp³-hybridized carbons (Fsp3) is 0. The normalized spacial score (nSPS) is 11.8. The maximum atomic E-state index is 12.3. The molecule has 0 radical (unpaired) electrons. The van der Waals surface area contributed by atoms with Gasteiger partial charge in [0.2, 0.25) is 19.5 Å². The van der Waals surface area contributed by atoms with Gasteiger partial charge < -0.3 is 0 Å². The summed E-state index contributed by atoms with van der Waals surface area (Å²) in [6, 6.07) is 12.5. The number of rotatable bonds is 2. The first-order chi connectivity index (χ1) is 9.07. The molecule has 0 spiro atoms. The van der Waals surface area contributed by atoms with Crippen molar-refractivity contribution in [3.8, 4) is 0 Å². The molecule has 0 aliphatic heterocycles. The molecular weight excluding hydrogens is 304 g/mol. The van der Waals surface area contributed by atoms with E-state index >= 15 is 0 Å². The van der Waals surface area contributed by atoms with Crippen LogP contribution in [0, 0.1) is 0 Å². The summed E-state index contributed by atoms with van der Waals surface area (Å²) in [5, 5.41) is 1.79. The molecule has 0 N–H and O–H groups in total. The van der Waals surface area contributed by atoms with E-state index in [2.05, 4.69) is 9.36 Å². The SMILES string of the molecule is O=S(=O)(c1ccc2ccccc2c1)c1nc(Cl)ns1. The third-order valence-corrected chi connectivity index (χ3v) is 5.73. The summed E-state index contributed by atoms with van der Waals surface area (Å²) in [6.45, 7) is 0. The maximum Gasteiger partial charge on any atom is 0.235 e. The first kappa shape index (κ1) is 12.5. The van der Waals surface area contributed by atoms with Crippen molar-refractivity contribution in [1.82, 2.24) is 9.36 Å². The van der Waals surface area contributed by atoms with E-state index in [-0.39, 0.29) is 14.5 Å². The van der Waals surface area contributed by atoms with Gasteiger partial charge in [0.25, 0.3) is 0 Å². The highest BCUT2D eigenvalue weighted by Crippen LogP contribution is 2.26. The monoisotopic (exact) mass is 310 g/mol. The van der Waals surface area contributed by atoms with Crippen LogP contribution in [-0.4, -0.2) is 17.8 Å². The standard InChI is InChI=1S/C12H7ClN2O2S2/c13-11-14-12(18-15-11)19(16,17)10-6-5-8-3-1-2-4-9(8)7-10/h1-7H. The molecule has 3 aromatic rings. The summed E-state index contributed by atoms with van der Waals surface area (Å²) in [5.74, 6) is 0. The highest BCUT2D eigenvalue weighted by molar-refractivity contribution is 7.93. The van der Waals surface area contributed by atoms with E-state index in [4.69, 9.17) is 11.6 Å². The Morgan fingerprint density at radius 1 is 1.05 bits per heavy atom. The van der Waals surface area contributed by atoms with Crippen LogP contribution < -0.4 is 0 Å². The summed E-state index contributed by atoms with van der Waals surface area (Å²) >= 11 is 6.35. The van der Waals surface area contributed by atoms with Gasteiger partial charge >= 0.3 is 0 Å². The summed E-state index contributed by atoms with van der Waals surface area (Å²) in [6.07, 6.45) is 0. The van der Waals surface area contributed by atoms with Crippen molar-refractivity contribution in [3.05, 3.63) is 47.7 Å². The molecule has 0 aliphatic carbocycles. The van der Waals surface area contributed by atoms with E-state index in [0.717, 1.165) is 22.3 Å². The molecule has 19 heavy (non-hydrogen) atoms. The van der Waals surface area contributed by atoms with Crippen LogP contribution in [0.4, 0.5) is 0 Å². The molecule has 0 bridgehead atoms. The Bertz CT molecular complexity index is 859. The third-order valence-electron chi connectivity index (χ3n) is 2.64. The molecule has 0 saturated carbocycles. The Kier molecular flexibility index (Phi) is 3.00. The number of nitrogens with zero attached hydrogens (tertiary/aromatic N) is 2. The van der Waals surface area contributed by atoms with E-state index in [0.29, 0.717) is 0 Å². The number of benzene rings is 2. The molecule has 1 aromatic heterocycles. The van der Waals surface area contributed by atoms with Crippen molar-refractivity contribution in [3.63, 3.8) is 0 Å². The lowest BCUT2D eigenvalue weighted by atomic mass is 10.1. The predicted molar refractivity (Wildman–Crippen MR) is 74.3 cm³/mol. The van der Waals surface area contributed by atoms with Crippen molar-refractivity contribution < 1.29 is 8.42 Å². The Morgan fingerprint density at radius 3 is 2.47 bits per heavy atom. The second-order valence-electron chi connectivity index (χ2n) is 3.84. The minimum atomic E-state index is -3.65. The van der Waals surface area contributed by atoms with E-state index in [9.17, 15) is 8.42 Å². The number of aromatic nitrogens is 2. The fourth-order valence-electron chi connectivity index (χ4n) is 1.74. The quantitative estimate of drug-likeness (QED) is 0.729. The molecular formula is C12H7ClN2O2S2. The number of hydrogen-bond acceptors (Lipinski definition) is 5. The summed E-state index contributed by atoms with van der Waals surface area (Å²) in [4.78, 5) is 3.92. The van der Waals surface area contributed by atoms with Gasteiger partial charge in [-0.15, -0.1) is 0 Å². The van der Waals surface area contributed by atoms with Gasteiger partial charge in [-0.1, -0.05) is 30.3 Å². The van der Waals surface area contributed by atoms with Crippen LogP contribution in [0.15, 0.2) is 51.7 Å². The van der Waals surface area contributed by atoms with Crippen LogP contribution in [0.1, 0.15) is 0 Å². The molecule has 96 valence electrons. The number of sulfone groups is 1. The second kappa shape index (κ2) is 4.56. The predicted octanol–water partition coefficient (Wildman–Crippen LogP) is 3.18. The zero-order valence-electron chi connectivity index (χ0n) is 9.45. The zero-order chi connectivity index (χ0) is 13.5.